The highest BCUT2D eigenvalue weighted by molar-refractivity contribution is 6.10. The third kappa shape index (κ3) is 1.13. The van der Waals surface area contributed by atoms with Crippen molar-refractivity contribution in [2.45, 2.75) is 0 Å². The maximum atomic E-state index is 11.8. The van der Waals surface area contributed by atoms with Gasteiger partial charge in [0.25, 0.3) is 0 Å². The Bertz CT molecular complexity index is 622. The van der Waals surface area contributed by atoms with Crippen molar-refractivity contribution in [2.24, 2.45) is 0 Å². The second-order valence-electron chi connectivity index (χ2n) is 3.38. The third-order valence-electron chi connectivity index (χ3n) is 2.38. The highest BCUT2D eigenvalue weighted by Gasteiger charge is 2.23. The number of carbonyl (C=O) groups is 1. The van der Waals surface area contributed by atoms with E-state index in [1.807, 2.05) is 6.07 Å². The predicted molar refractivity (Wildman–Crippen MR) is 54.7 cm³/mol. The molecule has 0 radical (unpaired) electrons. The van der Waals surface area contributed by atoms with E-state index in [2.05, 4.69) is 0 Å². The zero-order chi connectivity index (χ0) is 10.4. The fraction of sp³-hybridized carbons (Fsp3) is 0. The summed E-state index contributed by atoms with van der Waals surface area (Å²) in [7, 11) is 0. The summed E-state index contributed by atoms with van der Waals surface area (Å²) >= 11 is 0. The molecular formula is C12H6O3. The summed E-state index contributed by atoms with van der Waals surface area (Å²) in [6.07, 6.45) is 0. The topological polar surface area (TPSA) is 47.3 Å². The number of carbonyl (C=O) groups excluding carboxylic acids is 1. The summed E-state index contributed by atoms with van der Waals surface area (Å²) in [5.41, 5.74) is 0.813. The SMILES string of the molecule is O=C(c1ccccc1)c1cc2c(=O)c2o1. The lowest BCUT2D eigenvalue weighted by atomic mass is 10.1. The molecule has 0 saturated heterocycles. The zero-order valence-corrected chi connectivity index (χ0v) is 7.69. The molecule has 1 heterocycles. The predicted octanol–water partition coefficient (Wildman–Crippen LogP) is 1.90. The van der Waals surface area contributed by atoms with Crippen molar-refractivity contribution in [1.29, 1.82) is 0 Å². The normalized spacial score (nSPS) is 11.2. The summed E-state index contributed by atoms with van der Waals surface area (Å²) in [4.78, 5) is 22.6. The molecule has 0 amide bonds. The first-order chi connectivity index (χ1) is 7.27. The molecule has 0 bridgehead atoms. The van der Waals surface area contributed by atoms with Gasteiger partial charge in [-0.3, -0.25) is 9.59 Å². The number of rotatable bonds is 2. The molecule has 0 atom stereocenters. The minimum Gasteiger partial charge on any atom is -0.448 e. The molecule has 3 rings (SSSR count). The van der Waals surface area contributed by atoms with Gasteiger partial charge in [0.15, 0.2) is 11.3 Å². The Kier molecular flexibility index (Phi) is 1.45. The van der Waals surface area contributed by atoms with Crippen LogP contribution in [0, 0.1) is 0 Å². The van der Waals surface area contributed by atoms with Gasteiger partial charge >= 0.3 is 0 Å². The third-order valence-corrected chi connectivity index (χ3v) is 2.38. The van der Waals surface area contributed by atoms with E-state index in [1.165, 1.54) is 6.07 Å². The van der Waals surface area contributed by atoms with Gasteiger partial charge in [0.05, 0.1) is 5.39 Å². The number of benzene rings is 1. The molecule has 3 nitrogen and oxygen atoms in total. The lowest BCUT2D eigenvalue weighted by Gasteiger charge is -1.95. The van der Waals surface area contributed by atoms with Crippen molar-refractivity contribution in [3.05, 3.63) is 57.9 Å². The molecule has 3 aromatic rings. The molecule has 15 heavy (non-hydrogen) atoms. The molecule has 3 heteroatoms. The van der Waals surface area contributed by atoms with Gasteiger partial charge in [-0.1, -0.05) is 30.3 Å². The van der Waals surface area contributed by atoms with Crippen molar-refractivity contribution in [3.8, 4) is 0 Å². The van der Waals surface area contributed by atoms with Crippen LogP contribution in [0.3, 0.4) is 0 Å². The van der Waals surface area contributed by atoms with Crippen molar-refractivity contribution in [2.75, 3.05) is 0 Å². The Hall–Kier alpha value is -2.16. The smallest absolute Gasteiger partial charge is 0.233 e. The number of hydrogen-bond donors (Lipinski definition) is 0. The first kappa shape index (κ1) is 8.17. The lowest BCUT2D eigenvalue weighted by Crippen LogP contribution is -1.99. The van der Waals surface area contributed by atoms with Crippen molar-refractivity contribution in [1.82, 2.24) is 0 Å². The molecule has 0 aliphatic heterocycles. The molecule has 72 valence electrons. The van der Waals surface area contributed by atoms with Gasteiger partial charge < -0.3 is 4.42 Å². The number of fused-ring (bicyclic) bond motifs is 1. The molecule has 0 aliphatic carbocycles. The molecule has 1 aromatic heterocycles. The second-order valence-corrected chi connectivity index (χ2v) is 3.38. The molecule has 0 saturated carbocycles. The van der Waals surface area contributed by atoms with Crippen LogP contribution in [-0.4, -0.2) is 5.78 Å². The minimum absolute atomic E-state index is 0.0837. The molecule has 2 aromatic carbocycles. The monoisotopic (exact) mass is 198 g/mol. The van der Waals surface area contributed by atoms with Crippen LogP contribution in [0.4, 0.5) is 0 Å². The average Bonchev–Trinajstić information content (AvgIpc) is 2.74. The fourth-order valence-corrected chi connectivity index (χ4v) is 1.51. The van der Waals surface area contributed by atoms with Crippen molar-refractivity contribution >= 4 is 16.8 Å². The van der Waals surface area contributed by atoms with E-state index in [0.29, 0.717) is 16.5 Å². The number of furan rings is 1. The maximum absolute atomic E-state index is 11.8. The van der Waals surface area contributed by atoms with Gasteiger partial charge in [-0.2, -0.15) is 0 Å². The van der Waals surface area contributed by atoms with Gasteiger partial charge in [0.1, 0.15) is 0 Å². The number of hydrogen-bond acceptors (Lipinski definition) is 3. The Labute approximate surface area is 84.6 Å². The van der Waals surface area contributed by atoms with Crippen molar-refractivity contribution in [3.63, 3.8) is 0 Å². The van der Waals surface area contributed by atoms with Gasteiger partial charge in [-0.15, -0.1) is 0 Å². The fourth-order valence-electron chi connectivity index (χ4n) is 1.51. The highest BCUT2D eigenvalue weighted by Crippen LogP contribution is 2.22. The summed E-state index contributed by atoms with van der Waals surface area (Å²) < 4.78 is 5.11. The highest BCUT2D eigenvalue weighted by atomic mass is 16.4. The quantitative estimate of drug-likeness (QED) is 0.591. The largest absolute Gasteiger partial charge is 0.448 e. The van der Waals surface area contributed by atoms with E-state index in [9.17, 15) is 9.59 Å². The van der Waals surface area contributed by atoms with Crippen LogP contribution in [0.15, 0.2) is 45.6 Å². The Morgan fingerprint density at radius 2 is 1.87 bits per heavy atom. The van der Waals surface area contributed by atoms with Gasteiger partial charge in [0, 0.05) is 11.6 Å². The van der Waals surface area contributed by atoms with Gasteiger partial charge in [0.2, 0.25) is 11.2 Å². The van der Waals surface area contributed by atoms with Crippen LogP contribution in [0.2, 0.25) is 0 Å². The summed E-state index contributed by atoms with van der Waals surface area (Å²) in [6.45, 7) is 0. The second kappa shape index (κ2) is 2.67. The van der Waals surface area contributed by atoms with Crippen LogP contribution in [0.25, 0.3) is 11.0 Å². The van der Waals surface area contributed by atoms with Crippen LogP contribution in [-0.2, 0) is 0 Å². The summed E-state index contributed by atoms with van der Waals surface area (Å²) in [5, 5.41) is 0.536. The van der Waals surface area contributed by atoms with E-state index >= 15 is 0 Å². The maximum Gasteiger partial charge on any atom is 0.233 e. The average molecular weight is 198 g/mol. The van der Waals surface area contributed by atoms with Crippen LogP contribution in [0.5, 0.6) is 0 Å². The lowest BCUT2D eigenvalue weighted by molar-refractivity contribution is 0.101. The van der Waals surface area contributed by atoms with Crippen LogP contribution in [0.1, 0.15) is 16.1 Å². The molecule has 0 fully saturated rings. The van der Waals surface area contributed by atoms with E-state index in [4.69, 9.17) is 4.42 Å². The van der Waals surface area contributed by atoms with E-state index in [-0.39, 0.29) is 17.0 Å². The first-order valence-electron chi connectivity index (χ1n) is 4.55. The van der Waals surface area contributed by atoms with E-state index in [0.717, 1.165) is 0 Å². The summed E-state index contributed by atoms with van der Waals surface area (Å²) in [6, 6.07) is 10.4. The van der Waals surface area contributed by atoms with Crippen LogP contribution >= 0.6 is 0 Å². The molecule has 0 unspecified atom stereocenters. The van der Waals surface area contributed by atoms with Gasteiger partial charge in [-0.25, -0.2) is 0 Å². The molecule has 0 spiro atoms. The minimum atomic E-state index is -0.185. The Morgan fingerprint density at radius 3 is 2.47 bits per heavy atom. The van der Waals surface area contributed by atoms with Crippen LogP contribution < -0.4 is 5.43 Å². The molecule has 0 aliphatic rings. The standard InChI is InChI=1S/C12H6O3/c13-10(7-4-2-1-3-5-7)9-6-8-11(14)12(8)15-9/h1-6H. The zero-order valence-electron chi connectivity index (χ0n) is 7.69. The van der Waals surface area contributed by atoms with Gasteiger partial charge in [-0.05, 0) is 0 Å². The Balaban J connectivity index is 2.02. The Morgan fingerprint density at radius 1 is 1.13 bits per heavy atom. The molecular weight excluding hydrogens is 192 g/mol. The van der Waals surface area contributed by atoms with E-state index in [1.54, 1.807) is 24.3 Å². The van der Waals surface area contributed by atoms with E-state index < -0.39 is 0 Å². The number of ketones is 1. The van der Waals surface area contributed by atoms with Crippen molar-refractivity contribution < 1.29 is 9.21 Å². The molecule has 0 N–H and O–H groups in total. The summed E-state index contributed by atoms with van der Waals surface area (Å²) in [5.74, 6) is 0.0569. The first-order valence-corrected chi connectivity index (χ1v) is 4.55.